The van der Waals surface area contributed by atoms with E-state index < -0.39 is 0 Å². The van der Waals surface area contributed by atoms with Crippen LogP contribution in [0.4, 0.5) is 0 Å². The zero-order valence-corrected chi connectivity index (χ0v) is 12.4. The first-order chi connectivity index (χ1) is 9.11. The van der Waals surface area contributed by atoms with E-state index >= 15 is 0 Å². The number of hydrogen-bond acceptors (Lipinski definition) is 5. The number of aryl methyl sites for hydroxylation is 1. The third kappa shape index (κ3) is 3.52. The van der Waals surface area contributed by atoms with Crippen molar-refractivity contribution in [2.45, 2.75) is 32.5 Å². The molecule has 1 fully saturated rings. The van der Waals surface area contributed by atoms with E-state index in [0.29, 0.717) is 12.1 Å². The van der Waals surface area contributed by atoms with Gasteiger partial charge in [-0.2, -0.15) is 0 Å². The second kappa shape index (κ2) is 6.45. The summed E-state index contributed by atoms with van der Waals surface area (Å²) < 4.78 is 7.18. The molecule has 0 N–H and O–H groups in total. The van der Waals surface area contributed by atoms with Gasteiger partial charge in [0.05, 0.1) is 13.2 Å². The van der Waals surface area contributed by atoms with Crippen LogP contribution < -0.4 is 0 Å². The second-order valence-electron chi connectivity index (χ2n) is 5.48. The van der Waals surface area contributed by atoms with Crippen molar-refractivity contribution >= 4 is 0 Å². The lowest BCUT2D eigenvalue weighted by Crippen LogP contribution is -2.57. The summed E-state index contributed by atoms with van der Waals surface area (Å²) in [5.74, 6) is 1.03. The van der Waals surface area contributed by atoms with Gasteiger partial charge < -0.3 is 9.30 Å². The molecule has 0 amide bonds. The van der Waals surface area contributed by atoms with E-state index in [-0.39, 0.29) is 0 Å². The molecular weight excluding hydrogens is 242 g/mol. The molecule has 1 aromatic rings. The molecule has 0 spiro atoms. The number of rotatable bonds is 5. The standard InChI is InChI=1S/C13H25N5O/c1-11-7-17(9-13-15-14-10-16(13)3)8-12(2)18(11)5-6-19-4/h10-12H,5-9H2,1-4H3/t11-,12+. The van der Waals surface area contributed by atoms with E-state index in [9.17, 15) is 0 Å². The quantitative estimate of drug-likeness (QED) is 0.771. The highest BCUT2D eigenvalue weighted by molar-refractivity contribution is 4.90. The first-order valence-corrected chi connectivity index (χ1v) is 6.91. The van der Waals surface area contributed by atoms with Gasteiger partial charge in [0.25, 0.3) is 0 Å². The van der Waals surface area contributed by atoms with E-state index in [4.69, 9.17) is 4.74 Å². The summed E-state index contributed by atoms with van der Waals surface area (Å²) in [7, 11) is 3.76. The van der Waals surface area contributed by atoms with Crippen LogP contribution in [0.5, 0.6) is 0 Å². The molecular formula is C13H25N5O. The van der Waals surface area contributed by atoms with Crippen LogP contribution in [0.25, 0.3) is 0 Å². The first-order valence-electron chi connectivity index (χ1n) is 6.91. The van der Waals surface area contributed by atoms with Gasteiger partial charge in [0.2, 0.25) is 0 Å². The zero-order chi connectivity index (χ0) is 13.8. The lowest BCUT2D eigenvalue weighted by Gasteiger charge is -2.44. The number of ether oxygens (including phenoxy) is 1. The molecule has 0 radical (unpaired) electrons. The molecule has 2 atom stereocenters. The Bertz CT molecular complexity index is 382. The fourth-order valence-corrected chi connectivity index (χ4v) is 2.88. The summed E-state index contributed by atoms with van der Waals surface area (Å²) in [6, 6.07) is 1.10. The average Bonchev–Trinajstić information content (AvgIpc) is 2.74. The highest BCUT2D eigenvalue weighted by Gasteiger charge is 2.29. The van der Waals surface area contributed by atoms with Crippen LogP contribution in [0.1, 0.15) is 19.7 Å². The van der Waals surface area contributed by atoms with Crippen molar-refractivity contribution in [3.63, 3.8) is 0 Å². The molecule has 0 bridgehead atoms. The number of methoxy groups -OCH3 is 1. The predicted molar refractivity (Wildman–Crippen MR) is 73.8 cm³/mol. The molecule has 6 heteroatoms. The van der Waals surface area contributed by atoms with Crippen LogP contribution in [0, 0.1) is 0 Å². The Morgan fingerprint density at radius 1 is 1.32 bits per heavy atom. The van der Waals surface area contributed by atoms with Crippen molar-refractivity contribution in [1.82, 2.24) is 24.6 Å². The van der Waals surface area contributed by atoms with Gasteiger partial charge >= 0.3 is 0 Å². The molecule has 1 aromatic heterocycles. The minimum absolute atomic E-state index is 0.548. The SMILES string of the molecule is COCCN1[C@H](C)CN(Cc2nncn2C)C[C@@H]1C. The monoisotopic (exact) mass is 267 g/mol. The first kappa shape index (κ1) is 14.4. The topological polar surface area (TPSA) is 46.4 Å². The van der Waals surface area contributed by atoms with Gasteiger partial charge in [0.1, 0.15) is 12.2 Å². The van der Waals surface area contributed by atoms with Crippen molar-refractivity contribution in [3.05, 3.63) is 12.2 Å². The van der Waals surface area contributed by atoms with Gasteiger partial charge in [-0.15, -0.1) is 10.2 Å². The fraction of sp³-hybridized carbons (Fsp3) is 0.846. The Labute approximate surface area is 115 Å². The van der Waals surface area contributed by atoms with E-state index in [2.05, 4.69) is 33.8 Å². The molecule has 0 saturated carbocycles. The van der Waals surface area contributed by atoms with Crippen molar-refractivity contribution in [2.75, 3.05) is 33.4 Å². The third-order valence-corrected chi connectivity index (χ3v) is 3.90. The number of aromatic nitrogens is 3. The Kier molecular flexibility index (Phi) is 4.90. The highest BCUT2D eigenvalue weighted by atomic mass is 16.5. The van der Waals surface area contributed by atoms with Gasteiger partial charge in [-0.05, 0) is 13.8 Å². The maximum absolute atomic E-state index is 5.19. The average molecular weight is 267 g/mol. The highest BCUT2D eigenvalue weighted by Crippen LogP contribution is 2.16. The van der Waals surface area contributed by atoms with E-state index in [1.807, 2.05) is 11.6 Å². The molecule has 1 aliphatic heterocycles. The smallest absolute Gasteiger partial charge is 0.146 e. The summed E-state index contributed by atoms with van der Waals surface area (Å²) in [4.78, 5) is 4.99. The Morgan fingerprint density at radius 3 is 2.53 bits per heavy atom. The zero-order valence-electron chi connectivity index (χ0n) is 12.4. The molecule has 1 aliphatic rings. The lowest BCUT2D eigenvalue weighted by molar-refractivity contribution is 0.0166. The van der Waals surface area contributed by atoms with Gasteiger partial charge in [0.15, 0.2) is 0 Å². The summed E-state index contributed by atoms with van der Waals surface area (Å²) in [6.07, 6.45) is 1.76. The molecule has 2 rings (SSSR count). The van der Waals surface area contributed by atoms with Gasteiger partial charge in [-0.1, -0.05) is 0 Å². The molecule has 0 aliphatic carbocycles. The minimum atomic E-state index is 0.548. The Hall–Kier alpha value is -0.980. The van der Waals surface area contributed by atoms with Crippen molar-refractivity contribution in [1.29, 1.82) is 0 Å². The summed E-state index contributed by atoms with van der Waals surface area (Å²) >= 11 is 0. The molecule has 0 unspecified atom stereocenters. The van der Waals surface area contributed by atoms with Crippen LogP contribution in [0.15, 0.2) is 6.33 Å². The third-order valence-electron chi connectivity index (χ3n) is 3.90. The maximum Gasteiger partial charge on any atom is 0.146 e. The van der Waals surface area contributed by atoms with Crippen LogP contribution in [0.2, 0.25) is 0 Å². The van der Waals surface area contributed by atoms with Crippen molar-refractivity contribution in [3.8, 4) is 0 Å². The van der Waals surface area contributed by atoms with Crippen LogP contribution in [0.3, 0.4) is 0 Å². The Morgan fingerprint density at radius 2 is 2.00 bits per heavy atom. The largest absolute Gasteiger partial charge is 0.383 e. The Balaban J connectivity index is 1.91. The van der Waals surface area contributed by atoms with Crippen molar-refractivity contribution in [2.24, 2.45) is 7.05 Å². The van der Waals surface area contributed by atoms with Crippen LogP contribution in [-0.4, -0.2) is 70.0 Å². The van der Waals surface area contributed by atoms with Gasteiger partial charge in [-0.3, -0.25) is 9.80 Å². The molecule has 108 valence electrons. The number of piperazine rings is 1. The molecule has 1 saturated heterocycles. The summed E-state index contributed by atoms with van der Waals surface area (Å²) in [5.41, 5.74) is 0. The molecule has 19 heavy (non-hydrogen) atoms. The summed E-state index contributed by atoms with van der Waals surface area (Å²) in [5, 5.41) is 8.11. The minimum Gasteiger partial charge on any atom is -0.383 e. The summed E-state index contributed by atoms with van der Waals surface area (Å²) in [6.45, 7) is 9.41. The predicted octanol–water partition coefficient (Wildman–Crippen LogP) is 0.356. The lowest BCUT2D eigenvalue weighted by atomic mass is 10.1. The van der Waals surface area contributed by atoms with E-state index in [1.165, 1.54) is 0 Å². The molecule has 6 nitrogen and oxygen atoms in total. The van der Waals surface area contributed by atoms with E-state index in [1.54, 1.807) is 13.4 Å². The van der Waals surface area contributed by atoms with E-state index in [0.717, 1.165) is 38.6 Å². The number of nitrogens with zero attached hydrogens (tertiary/aromatic N) is 5. The molecule has 2 heterocycles. The van der Waals surface area contributed by atoms with Gasteiger partial charge in [-0.25, -0.2) is 0 Å². The second-order valence-corrected chi connectivity index (χ2v) is 5.48. The van der Waals surface area contributed by atoms with Crippen LogP contribution in [-0.2, 0) is 18.3 Å². The normalized spacial score (nSPS) is 25.9. The number of hydrogen-bond donors (Lipinski definition) is 0. The molecule has 0 aromatic carbocycles. The maximum atomic E-state index is 5.19. The van der Waals surface area contributed by atoms with Crippen molar-refractivity contribution < 1.29 is 4.74 Å². The van der Waals surface area contributed by atoms with Gasteiger partial charge in [0, 0.05) is 45.9 Å². The fourth-order valence-electron chi connectivity index (χ4n) is 2.88. The van der Waals surface area contributed by atoms with Crippen LogP contribution >= 0.6 is 0 Å².